The minimum atomic E-state index is -4.14. The van der Waals surface area contributed by atoms with Gasteiger partial charge in [0, 0.05) is 19.1 Å². The topological polar surface area (TPSA) is 32.3 Å². The molecule has 1 fully saturated rings. The zero-order valence-corrected chi connectivity index (χ0v) is 10.0. The monoisotopic (exact) mass is 262 g/mol. The van der Waals surface area contributed by atoms with E-state index in [0.29, 0.717) is 25.9 Å². The maximum absolute atomic E-state index is 12.6. The van der Waals surface area contributed by atoms with Gasteiger partial charge in [0.05, 0.1) is 5.92 Å². The third-order valence-corrected chi connectivity index (χ3v) is 3.57. The number of urea groups is 1. The molecule has 2 aliphatic rings. The summed E-state index contributed by atoms with van der Waals surface area (Å²) < 4.78 is 37.9. The Morgan fingerprint density at radius 3 is 2.50 bits per heavy atom. The minimum absolute atomic E-state index is 0.0104. The fraction of sp³-hybridized carbons (Fsp3) is 0.750. The number of rotatable bonds is 1. The van der Waals surface area contributed by atoms with Crippen LogP contribution < -0.4 is 5.32 Å². The molecule has 0 aromatic heterocycles. The van der Waals surface area contributed by atoms with Gasteiger partial charge in [-0.25, -0.2) is 4.79 Å². The van der Waals surface area contributed by atoms with E-state index in [1.54, 1.807) is 4.90 Å². The lowest BCUT2D eigenvalue weighted by Gasteiger charge is -2.32. The maximum Gasteiger partial charge on any atom is 0.391 e. The number of halogens is 3. The lowest BCUT2D eigenvalue weighted by atomic mass is 9.85. The van der Waals surface area contributed by atoms with Crippen LogP contribution in [0.15, 0.2) is 12.2 Å². The number of alkyl halides is 3. The van der Waals surface area contributed by atoms with Crippen LogP contribution in [0.2, 0.25) is 0 Å². The van der Waals surface area contributed by atoms with Crippen LogP contribution >= 0.6 is 0 Å². The molecule has 1 aliphatic heterocycles. The van der Waals surface area contributed by atoms with E-state index in [9.17, 15) is 18.0 Å². The SMILES string of the molecule is O=C(NC1CCCC(C(F)(F)F)C1)N1CC=CC1. The quantitative estimate of drug-likeness (QED) is 0.724. The zero-order chi connectivity index (χ0) is 13.2. The van der Waals surface area contributed by atoms with Crippen molar-refractivity contribution in [3.05, 3.63) is 12.2 Å². The molecule has 1 N–H and O–H groups in total. The Kier molecular flexibility index (Phi) is 3.82. The van der Waals surface area contributed by atoms with E-state index in [-0.39, 0.29) is 24.9 Å². The second-order valence-corrected chi connectivity index (χ2v) is 4.93. The maximum atomic E-state index is 12.6. The molecule has 1 aliphatic carbocycles. The number of nitrogens with zero attached hydrogens (tertiary/aromatic N) is 1. The minimum Gasteiger partial charge on any atom is -0.335 e. The van der Waals surface area contributed by atoms with Gasteiger partial charge in [-0.05, 0) is 19.3 Å². The van der Waals surface area contributed by atoms with E-state index >= 15 is 0 Å². The summed E-state index contributed by atoms with van der Waals surface area (Å²) in [7, 11) is 0. The highest BCUT2D eigenvalue weighted by Gasteiger charge is 2.42. The summed E-state index contributed by atoms with van der Waals surface area (Å²) in [4.78, 5) is 13.3. The van der Waals surface area contributed by atoms with E-state index in [1.165, 1.54) is 0 Å². The van der Waals surface area contributed by atoms with Crippen molar-refractivity contribution in [2.45, 2.75) is 37.9 Å². The van der Waals surface area contributed by atoms with E-state index < -0.39 is 12.1 Å². The van der Waals surface area contributed by atoms with Crippen molar-refractivity contribution >= 4 is 6.03 Å². The highest BCUT2D eigenvalue weighted by molar-refractivity contribution is 5.75. The first-order valence-electron chi connectivity index (χ1n) is 6.24. The first-order valence-corrected chi connectivity index (χ1v) is 6.24. The van der Waals surface area contributed by atoms with Crippen LogP contribution in [0, 0.1) is 5.92 Å². The Hall–Kier alpha value is -1.20. The first-order chi connectivity index (χ1) is 8.47. The predicted octanol–water partition coefficient (Wildman–Crippen LogP) is 2.69. The average molecular weight is 262 g/mol. The number of hydrogen-bond donors (Lipinski definition) is 1. The largest absolute Gasteiger partial charge is 0.391 e. The molecule has 3 nitrogen and oxygen atoms in total. The lowest BCUT2D eigenvalue weighted by molar-refractivity contribution is -0.183. The summed E-state index contributed by atoms with van der Waals surface area (Å²) in [6.45, 7) is 1.09. The number of hydrogen-bond acceptors (Lipinski definition) is 1. The summed E-state index contributed by atoms with van der Waals surface area (Å²) in [5.41, 5.74) is 0. The van der Waals surface area contributed by atoms with E-state index in [4.69, 9.17) is 0 Å². The van der Waals surface area contributed by atoms with Crippen LogP contribution in [0.3, 0.4) is 0 Å². The number of carbonyl (C=O) groups excluding carboxylic acids is 1. The third kappa shape index (κ3) is 3.17. The van der Waals surface area contributed by atoms with Gasteiger partial charge in [0.25, 0.3) is 0 Å². The second kappa shape index (κ2) is 5.20. The number of carbonyl (C=O) groups is 1. The van der Waals surface area contributed by atoms with Gasteiger partial charge in [-0.15, -0.1) is 0 Å². The molecule has 102 valence electrons. The fourth-order valence-corrected chi connectivity index (χ4v) is 2.53. The molecular weight excluding hydrogens is 245 g/mol. The van der Waals surface area contributed by atoms with Gasteiger partial charge < -0.3 is 10.2 Å². The average Bonchev–Trinajstić information content (AvgIpc) is 2.81. The number of nitrogens with one attached hydrogen (secondary N) is 1. The van der Waals surface area contributed by atoms with Gasteiger partial charge in [0.2, 0.25) is 0 Å². The molecule has 1 heterocycles. The summed E-state index contributed by atoms with van der Waals surface area (Å²) in [6, 6.07) is -0.605. The van der Waals surface area contributed by atoms with Crippen molar-refractivity contribution in [2.75, 3.05) is 13.1 Å². The van der Waals surface area contributed by atoms with Crippen molar-refractivity contribution in [1.29, 1.82) is 0 Å². The molecule has 0 bridgehead atoms. The molecule has 0 saturated heterocycles. The molecule has 2 amide bonds. The summed E-state index contributed by atoms with van der Waals surface area (Å²) in [5, 5.41) is 2.71. The van der Waals surface area contributed by atoms with E-state index in [1.807, 2.05) is 12.2 Å². The molecule has 18 heavy (non-hydrogen) atoms. The van der Waals surface area contributed by atoms with Crippen molar-refractivity contribution in [3.63, 3.8) is 0 Å². The van der Waals surface area contributed by atoms with Crippen molar-refractivity contribution < 1.29 is 18.0 Å². The van der Waals surface area contributed by atoms with Crippen LogP contribution in [-0.4, -0.2) is 36.2 Å². The molecule has 2 atom stereocenters. The molecule has 6 heteroatoms. The molecule has 0 radical (unpaired) electrons. The zero-order valence-electron chi connectivity index (χ0n) is 10.0. The lowest BCUT2D eigenvalue weighted by Crippen LogP contribution is -2.46. The second-order valence-electron chi connectivity index (χ2n) is 4.93. The smallest absolute Gasteiger partial charge is 0.335 e. The van der Waals surface area contributed by atoms with Crippen molar-refractivity contribution in [1.82, 2.24) is 10.2 Å². The Morgan fingerprint density at radius 1 is 1.22 bits per heavy atom. The molecule has 2 unspecified atom stereocenters. The highest BCUT2D eigenvalue weighted by atomic mass is 19.4. The van der Waals surface area contributed by atoms with Crippen LogP contribution in [0.1, 0.15) is 25.7 Å². The molecule has 0 aromatic carbocycles. The van der Waals surface area contributed by atoms with Crippen LogP contribution in [0.25, 0.3) is 0 Å². The van der Waals surface area contributed by atoms with E-state index in [2.05, 4.69) is 5.32 Å². The molecule has 2 rings (SSSR count). The van der Waals surface area contributed by atoms with Crippen LogP contribution in [-0.2, 0) is 0 Å². The number of amides is 2. The van der Waals surface area contributed by atoms with Gasteiger partial charge in [-0.2, -0.15) is 13.2 Å². The first kappa shape index (κ1) is 13.2. The Bertz CT molecular complexity index is 333. The predicted molar refractivity (Wildman–Crippen MR) is 61.0 cm³/mol. The highest BCUT2D eigenvalue weighted by Crippen LogP contribution is 2.37. The van der Waals surface area contributed by atoms with Gasteiger partial charge in [0.1, 0.15) is 0 Å². The molecule has 0 spiro atoms. The Morgan fingerprint density at radius 2 is 1.89 bits per heavy atom. The van der Waals surface area contributed by atoms with Gasteiger partial charge in [-0.1, -0.05) is 18.6 Å². The summed E-state index contributed by atoms with van der Waals surface area (Å²) >= 11 is 0. The fourth-order valence-electron chi connectivity index (χ4n) is 2.53. The third-order valence-electron chi connectivity index (χ3n) is 3.57. The molecule has 1 saturated carbocycles. The Balaban J connectivity index is 1.84. The summed E-state index contributed by atoms with van der Waals surface area (Å²) in [6.07, 6.45) is 0.959. The van der Waals surface area contributed by atoms with Gasteiger partial charge >= 0.3 is 12.2 Å². The van der Waals surface area contributed by atoms with Crippen LogP contribution in [0.4, 0.5) is 18.0 Å². The Labute approximate surface area is 104 Å². The van der Waals surface area contributed by atoms with Gasteiger partial charge in [0.15, 0.2) is 0 Å². The molecule has 0 aromatic rings. The summed E-state index contributed by atoms with van der Waals surface area (Å²) in [5.74, 6) is -1.27. The van der Waals surface area contributed by atoms with Crippen molar-refractivity contribution in [3.8, 4) is 0 Å². The van der Waals surface area contributed by atoms with Crippen LogP contribution in [0.5, 0.6) is 0 Å². The van der Waals surface area contributed by atoms with E-state index in [0.717, 1.165) is 0 Å². The normalized spacial score (nSPS) is 28.5. The van der Waals surface area contributed by atoms with Gasteiger partial charge in [-0.3, -0.25) is 0 Å². The van der Waals surface area contributed by atoms with Crippen molar-refractivity contribution in [2.24, 2.45) is 5.92 Å². The molecular formula is C12H17F3N2O. The standard InChI is InChI=1S/C12H17F3N2O/c13-12(14,15)9-4-3-5-10(8-9)16-11(18)17-6-1-2-7-17/h1-2,9-10H,3-8H2,(H,16,18).